The Morgan fingerprint density at radius 1 is 1.26 bits per heavy atom. The van der Waals surface area contributed by atoms with Gasteiger partial charge in [0.1, 0.15) is 0 Å². The number of aryl methyl sites for hydroxylation is 1. The quantitative estimate of drug-likeness (QED) is 0.700. The molecule has 1 aliphatic heterocycles. The van der Waals surface area contributed by atoms with Crippen molar-refractivity contribution in [2.75, 3.05) is 32.8 Å². The summed E-state index contributed by atoms with van der Waals surface area (Å²) in [5.74, 6) is -0.319. The topological polar surface area (TPSA) is 102 Å². The Bertz CT molecular complexity index is 745. The zero-order chi connectivity index (χ0) is 19.4. The summed E-state index contributed by atoms with van der Waals surface area (Å²) in [6.45, 7) is 7.44. The number of nitrogens with zero attached hydrogens (tertiary/aromatic N) is 1. The molecule has 1 aromatic carbocycles. The highest BCUT2D eigenvalue weighted by Crippen LogP contribution is 2.22. The second-order valence-corrected chi connectivity index (χ2v) is 8.66. The van der Waals surface area contributed by atoms with Crippen LogP contribution in [0.5, 0.6) is 0 Å². The molecular weight excluding hydrogens is 390 g/mol. The summed E-state index contributed by atoms with van der Waals surface area (Å²) in [5, 5.41) is 2.83. The van der Waals surface area contributed by atoms with E-state index in [1.807, 2.05) is 13.8 Å². The van der Waals surface area contributed by atoms with Gasteiger partial charge in [-0.15, -0.1) is 12.4 Å². The van der Waals surface area contributed by atoms with Crippen molar-refractivity contribution in [2.45, 2.75) is 44.0 Å². The predicted molar refractivity (Wildman–Crippen MR) is 108 cm³/mol. The molecule has 1 saturated heterocycles. The average molecular weight is 420 g/mol. The van der Waals surface area contributed by atoms with Gasteiger partial charge in [0.2, 0.25) is 10.0 Å². The molecular formula is C18H30ClN3O4S. The highest BCUT2D eigenvalue weighted by molar-refractivity contribution is 7.89. The molecule has 1 heterocycles. The molecule has 9 heteroatoms. The van der Waals surface area contributed by atoms with Gasteiger partial charge < -0.3 is 15.8 Å². The van der Waals surface area contributed by atoms with Crippen molar-refractivity contribution < 1.29 is 17.9 Å². The van der Waals surface area contributed by atoms with E-state index in [1.54, 1.807) is 19.1 Å². The van der Waals surface area contributed by atoms with Crippen LogP contribution in [0.4, 0.5) is 0 Å². The van der Waals surface area contributed by atoms with Crippen LogP contribution >= 0.6 is 12.4 Å². The molecule has 0 atom stereocenters. The van der Waals surface area contributed by atoms with E-state index in [9.17, 15) is 13.2 Å². The number of rotatable bonds is 7. The molecule has 0 radical (unpaired) electrons. The van der Waals surface area contributed by atoms with Gasteiger partial charge in [0, 0.05) is 30.7 Å². The number of morpholine rings is 1. The summed E-state index contributed by atoms with van der Waals surface area (Å²) in [6.07, 6.45) is 1.49. The van der Waals surface area contributed by atoms with Crippen molar-refractivity contribution in [3.05, 3.63) is 29.3 Å². The zero-order valence-corrected chi connectivity index (χ0v) is 17.8. The number of amides is 1. The van der Waals surface area contributed by atoms with E-state index in [0.717, 1.165) is 12.8 Å². The molecule has 1 fully saturated rings. The van der Waals surface area contributed by atoms with Gasteiger partial charge in [-0.1, -0.05) is 19.9 Å². The third-order valence-electron chi connectivity index (χ3n) is 5.05. The van der Waals surface area contributed by atoms with E-state index in [-0.39, 0.29) is 23.2 Å². The summed E-state index contributed by atoms with van der Waals surface area (Å²) in [4.78, 5) is 12.7. The lowest BCUT2D eigenvalue weighted by atomic mass is 9.94. The van der Waals surface area contributed by atoms with Crippen molar-refractivity contribution in [2.24, 2.45) is 5.73 Å². The molecule has 0 unspecified atom stereocenters. The van der Waals surface area contributed by atoms with E-state index >= 15 is 0 Å². The monoisotopic (exact) mass is 419 g/mol. The summed E-state index contributed by atoms with van der Waals surface area (Å²) in [6, 6.07) is 4.75. The first-order chi connectivity index (χ1) is 12.2. The Labute approximate surface area is 168 Å². The van der Waals surface area contributed by atoms with Crippen molar-refractivity contribution >= 4 is 28.3 Å². The van der Waals surface area contributed by atoms with Gasteiger partial charge in [-0.25, -0.2) is 8.42 Å². The highest BCUT2D eigenvalue weighted by atomic mass is 35.5. The Morgan fingerprint density at radius 2 is 1.85 bits per heavy atom. The Morgan fingerprint density at radius 3 is 2.41 bits per heavy atom. The number of sulfonamides is 1. The molecule has 2 rings (SSSR count). The van der Waals surface area contributed by atoms with Gasteiger partial charge in [-0.05, 0) is 37.5 Å². The van der Waals surface area contributed by atoms with Gasteiger partial charge >= 0.3 is 0 Å². The number of benzene rings is 1. The van der Waals surface area contributed by atoms with Crippen molar-refractivity contribution in [1.82, 2.24) is 9.62 Å². The SMILES string of the molecule is CCC(N)(CC)CNC(=O)c1ccc(C)c(S(=O)(=O)N2CCOCC2)c1.Cl. The zero-order valence-electron chi connectivity index (χ0n) is 16.2. The Balaban J connectivity index is 0.00000364. The van der Waals surface area contributed by atoms with Crippen LogP contribution in [-0.2, 0) is 14.8 Å². The maximum Gasteiger partial charge on any atom is 0.251 e. The normalized spacial score (nSPS) is 15.9. The molecule has 0 aromatic heterocycles. The molecule has 0 bridgehead atoms. The summed E-state index contributed by atoms with van der Waals surface area (Å²) >= 11 is 0. The third-order valence-corrected chi connectivity index (χ3v) is 7.09. The number of ether oxygens (including phenoxy) is 1. The third kappa shape index (κ3) is 5.65. The first kappa shape index (κ1) is 23.8. The first-order valence-corrected chi connectivity index (χ1v) is 10.4. The van der Waals surface area contributed by atoms with Crippen LogP contribution in [0.3, 0.4) is 0 Å². The minimum absolute atomic E-state index is 0. The van der Waals surface area contributed by atoms with Gasteiger partial charge in [0.25, 0.3) is 5.91 Å². The number of hydrogen-bond acceptors (Lipinski definition) is 5. The van der Waals surface area contributed by atoms with Crippen LogP contribution in [0.25, 0.3) is 0 Å². The number of nitrogens with two attached hydrogens (primary N) is 1. The van der Waals surface area contributed by atoms with Crippen molar-refractivity contribution in [1.29, 1.82) is 0 Å². The lowest BCUT2D eigenvalue weighted by molar-refractivity contribution is 0.0730. The second-order valence-electron chi connectivity index (χ2n) is 6.75. The standard InChI is InChI=1S/C18H29N3O4S.ClH/c1-4-18(19,5-2)13-20-17(22)15-7-6-14(3)16(12-15)26(23,24)21-8-10-25-11-9-21;/h6-7,12H,4-5,8-11,13,19H2,1-3H3,(H,20,22);1H. The average Bonchev–Trinajstić information content (AvgIpc) is 2.66. The van der Waals surface area contributed by atoms with E-state index < -0.39 is 15.6 Å². The molecule has 154 valence electrons. The number of halogens is 1. The number of carbonyl (C=O) groups is 1. The van der Waals surface area contributed by atoms with Crippen LogP contribution in [0.2, 0.25) is 0 Å². The van der Waals surface area contributed by atoms with Crippen LogP contribution < -0.4 is 11.1 Å². The molecule has 0 spiro atoms. The van der Waals surface area contributed by atoms with Crippen molar-refractivity contribution in [3.63, 3.8) is 0 Å². The maximum absolute atomic E-state index is 12.9. The van der Waals surface area contributed by atoms with E-state index in [1.165, 1.54) is 10.4 Å². The van der Waals surface area contributed by atoms with Crippen LogP contribution in [0, 0.1) is 6.92 Å². The van der Waals surface area contributed by atoms with E-state index in [0.29, 0.717) is 44.0 Å². The minimum atomic E-state index is -3.65. The van der Waals surface area contributed by atoms with Crippen LogP contribution in [-0.4, -0.2) is 57.0 Å². The van der Waals surface area contributed by atoms with E-state index in [4.69, 9.17) is 10.5 Å². The first-order valence-electron chi connectivity index (χ1n) is 8.99. The Hall–Kier alpha value is -1.19. The van der Waals surface area contributed by atoms with Crippen LogP contribution in [0.1, 0.15) is 42.6 Å². The molecule has 7 nitrogen and oxygen atoms in total. The van der Waals surface area contributed by atoms with Gasteiger partial charge in [-0.2, -0.15) is 4.31 Å². The number of nitrogens with one attached hydrogen (secondary N) is 1. The molecule has 1 aromatic rings. The summed E-state index contributed by atoms with van der Waals surface area (Å²) in [7, 11) is -3.65. The summed E-state index contributed by atoms with van der Waals surface area (Å²) < 4.78 is 32.5. The fraction of sp³-hybridized carbons (Fsp3) is 0.611. The lowest BCUT2D eigenvalue weighted by Crippen LogP contribution is -2.49. The number of hydrogen-bond donors (Lipinski definition) is 2. The predicted octanol–water partition coefficient (Wildman–Crippen LogP) is 1.69. The van der Waals surface area contributed by atoms with Crippen molar-refractivity contribution in [3.8, 4) is 0 Å². The second kappa shape index (κ2) is 9.84. The molecule has 1 aliphatic rings. The number of carbonyl (C=O) groups excluding carboxylic acids is 1. The largest absolute Gasteiger partial charge is 0.379 e. The van der Waals surface area contributed by atoms with Gasteiger partial charge in [0.05, 0.1) is 18.1 Å². The maximum atomic E-state index is 12.9. The van der Waals surface area contributed by atoms with Gasteiger partial charge in [-0.3, -0.25) is 4.79 Å². The molecule has 27 heavy (non-hydrogen) atoms. The minimum Gasteiger partial charge on any atom is -0.379 e. The summed E-state index contributed by atoms with van der Waals surface area (Å²) in [5.41, 5.74) is 6.69. The molecule has 0 aliphatic carbocycles. The highest BCUT2D eigenvalue weighted by Gasteiger charge is 2.28. The fourth-order valence-corrected chi connectivity index (χ4v) is 4.46. The fourth-order valence-electron chi connectivity index (χ4n) is 2.80. The smallest absolute Gasteiger partial charge is 0.251 e. The van der Waals surface area contributed by atoms with Crippen LogP contribution in [0.15, 0.2) is 23.1 Å². The van der Waals surface area contributed by atoms with Gasteiger partial charge in [0.15, 0.2) is 0 Å². The molecule has 0 saturated carbocycles. The molecule has 3 N–H and O–H groups in total. The molecule has 1 amide bonds. The Kier molecular flexibility index (Phi) is 8.69. The van der Waals surface area contributed by atoms with E-state index in [2.05, 4.69) is 5.32 Å². The lowest BCUT2D eigenvalue weighted by Gasteiger charge is -2.27.